The van der Waals surface area contributed by atoms with Crippen LogP contribution >= 0.6 is 11.8 Å². The number of benzene rings is 1. The van der Waals surface area contributed by atoms with Crippen LogP contribution in [0, 0.1) is 10.1 Å². The normalized spacial score (nSPS) is 12.3. The number of nitro benzene ring substituents is 1. The Balaban J connectivity index is 3.17. The molecule has 114 valence electrons. The molecule has 0 heterocycles. The molecular weight excluding hydrogens is 292 g/mol. The number of hydrogen-bond donors (Lipinski definition) is 1. The third-order valence-electron chi connectivity index (χ3n) is 3.09. The molecule has 1 aromatic rings. The zero-order chi connectivity index (χ0) is 16.0. The number of nitro groups is 1. The SMILES string of the molecule is CSCC(C)N(C)c1ccc([N+](=O)[O-])c(/C=C/C(=O)O)c1. The molecule has 1 atom stereocenters. The minimum atomic E-state index is -1.14. The summed E-state index contributed by atoms with van der Waals surface area (Å²) in [6, 6.07) is 4.97. The van der Waals surface area contributed by atoms with E-state index in [0.717, 1.165) is 17.5 Å². The molecular formula is C14H18N2O4S. The van der Waals surface area contributed by atoms with E-state index in [1.165, 1.54) is 12.1 Å². The molecule has 1 aromatic carbocycles. The van der Waals surface area contributed by atoms with Crippen LogP contribution in [0.2, 0.25) is 0 Å². The highest BCUT2D eigenvalue weighted by atomic mass is 32.2. The van der Waals surface area contributed by atoms with E-state index in [4.69, 9.17) is 5.11 Å². The maximum atomic E-state index is 11.0. The highest BCUT2D eigenvalue weighted by Gasteiger charge is 2.16. The van der Waals surface area contributed by atoms with Gasteiger partial charge in [-0.05, 0) is 31.4 Å². The maximum absolute atomic E-state index is 11.0. The van der Waals surface area contributed by atoms with Crippen LogP contribution in [-0.2, 0) is 4.79 Å². The van der Waals surface area contributed by atoms with E-state index in [-0.39, 0.29) is 17.3 Å². The summed E-state index contributed by atoms with van der Waals surface area (Å²) in [5.74, 6) is -0.216. The number of carboxylic acids is 1. The van der Waals surface area contributed by atoms with E-state index in [2.05, 4.69) is 6.92 Å². The number of aliphatic carboxylic acids is 1. The van der Waals surface area contributed by atoms with Gasteiger partial charge >= 0.3 is 5.97 Å². The number of hydrogen-bond acceptors (Lipinski definition) is 5. The van der Waals surface area contributed by atoms with Crippen molar-refractivity contribution in [3.05, 3.63) is 40.0 Å². The average Bonchev–Trinajstić information content (AvgIpc) is 2.44. The Morgan fingerprint density at radius 2 is 2.24 bits per heavy atom. The summed E-state index contributed by atoms with van der Waals surface area (Å²) in [6.07, 6.45) is 4.16. The van der Waals surface area contributed by atoms with E-state index in [0.29, 0.717) is 0 Å². The van der Waals surface area contributed by atoms with Crippen LogP contribution < -0.4 is 4.90 Å². The molecule has 0 saturated heterocycles. The Labute approximate surface area is 127 Å². The van der Waals surface area contributed by atoms with E-state index >= 15 is 0 Å². The molecule has 1 rings (SSSR count). The Kier molecular flexibility index (Phi) is 6.23. The van der Waals surface area contributed by atoms with Gasteiger partial charge in [0, 0.05) is 36.7 Å². The first-order valence-corrected chi connectivity index (χ1v) is 7.67. The summed E-state index contributed by atoms with van der Waals surface area (Å²) in [6.45, 7) is 2.06. The van der Waals surface area contributed by atoms with Gasteiger partial charge in [0.1, 0.15) is 0 Å². The number of anilines is 1. The number of nitrogens with zero attached hydrogens (tertiary/aromatic N) is 2. The molecule has 0 spiro atoms. The van der Waals surface area contributed by atoms with Gasteiger partial charge in [-0.25, -0.2) is 4.79 Å². The van der Waals surface area contributed by atoms with E-state index in [9.17, 15) is 14.9 Å². The largest absolute Gasteiger partial charge is 0.478 e. The molecule has 0 radical (unpaired) electrons. The third kappa shape index (κ3) is 4.78. The lowest BCUT2D eigenvalue weighted by molar-refractivity contribution is -0.385. The second-order valence-corrected chi connectivity index (χ2v) is 5.50. The van der Waals surface area contributed by atoms with Crippen molar-refractivity contribution >= 4 is 35.2 Å². The van der Waals surface area contributed by atoms with Gasteiger partial charge in [-0.1, -0.05) is 0 Å². The summed E-state index contributed by atoms with van der Waals surface area (Å²) in [7, 11) is 1.91. The standard InChI is InChI=1S/C14H18N2O4S/c1-10(9-21-3)15(2)12-5-6-13(16(19)20)11(8-12)4-7-14(17)18/h4-8,10H,9H2,1-3H3,(H,17,18)/b7-4+. The first-order chi connectivity index (χ1) is 9.86. The molecule has 0 fully saturated rings. The van der Waals surface area contributed by atoms with Gasteiger partial charge < -0.3 is 10.0 Å². The minimum absolute atomic E-state index is 0.109. The fourth-order valence-corrected chi connectivity index (χ4v) is 2.54. The number of rotatable bonds is 7. The van der Waals surface area contributed by atoms with E-state index in [1.807, 2.05) is 18.2 Å². The Morgan fingerprint density at radius 3 is 2.76 bits per heavy atom. The fourth-order valence-electron chi connectivity index (χ4n) is 1.83. The highest BCUT2D eigenvalue weighted by Crippen LogP contribution is 2.27. The van der Waals surface area contributed by atoms with Crippen LogP contribution in [0.25, 0.3) is 6.08 Å². The Morgan fingerprint density at radius 1 is 1.57 bits per heavy atom. The van der Waals surface area contributed by atoms with Crippen LogP contribution in [-0.4, -0.2) is 41.1 Å². The molecule has 6 nitrogen and oxygen atoms in total. The predicted octanol–water partition coefficient (Wildman–Crippen LogP) is 2.88. The molecule has 0 aliphatic rings. The molecule has 0 bridgehead atoms. The summed E-state index contributed by atoms with van der Waals surface area (Å²) in [5, 5.41) is 19.7. The third-order valence-corrected chi connectivity index (χ3v) is 3.91. The highest BCUT2D eigenvalue weighted by molar-refractivity contribution is 7.98. The first-order valence-electron chi connectivity index (χ1n) is 6.28. The van der Waals surface area contributed by atoms with Crippen molar-refractivity contribution in [2.75, 3.05) is 24.0 Å². The molecule has 0 aliphatic heterocycles. The lowest BCUT2D eigenvalue weighted by Gasteiger charge is -2.26. The molecule has 1 N–H and O–H groups in total. The molecule has 0 aromatic heterocycles. The van der Waals surface area contributed by atoms with Crippen LogP contribution in [0.15, 0.2) is 24.3 Å². The number of carbonyl (C=O) groups is 1. The van der Waals surface area contributed by atoms with Gasteiger partial charge in [0.15, 0.2) is 0 Å². The van der Waals surface area contributed by atoms with Gasteiger partial charge in [0.2, 0.25) is 0 Å². The fraction of sp³-hybridized carbons (Fsp3) is 0.357. The first kappa shape index (κ1) is 17.0. The predicted molar refractivity (Wildman–Crippen MR) is 86.0 cm³/mol. The number of carboxylic acid groups (broad SMARTS) is 1. The Bertz CT molecular complexity index is 560. The van der Waals surface area contributed by atoms with Crippen molar-refractivity contribution in [2.45, 2.75) is 13.0 Å². The lowest BCUT2D eigenvalue weighted by Crippen LogP contribution is -2.30. The summed E-state index contributed by atoms with van der Waals surface area (Å²) < 4.78 is 0. The summed E-state index contributed by atoms with van der Waals surface area (Å²) >= 11 is 1.72. The minimum Gasteiger partial charge on any atom is -0.478 e. The molecule has 0 amide bonds. The van der Waals surface area contributed by atoms with Gasteiger partial charge in [-0.2, -0.15) is 11.8 Å². The molecule has 21 heavy (non-hydrogen) atoms. The smallest absolute Gasteiger partial charge is 0.328 e. The van der Waals surface area contributed by atoms with Gasteiger partial charge in [-0.15, -0.1) is 0 Å². The van der Waals surface area contributed by atoms with E-state index < -0.39 is 10.9 Å². The van der Waals surface area contributed by atoms with Gasteiger partial charge in [0.05, 0.1) is 10.5 Å². The number of thioether (sulfide) groups is 1. The van der Waals surface area contributed by atoms with Crippen LogP contribution in [0.5, 0.6) is 0 Å². The van der Waals surface area contributed by atoms with Crippen molar-refractivity contribution in [1.82, 2.24) is 0 Å². The second kappa shape index (κ2) is 7.68. The van der Waals surface area contributed by atoms with Crippen molar-refractivity contribution in [3.63, 3.8) is 0 Å². The molecule has 0 aliphatic carbocycles. The van der Waals surface area contributed by atoms with Crippen LogP contribution in [0.1, 0.15) is 12.5 Å². The second-order valence-electron chi connectivity index (χ2n) is 4.59. The van der Waals surface area contributed by atoms with E-state index in [1.54, 1.807) is 23.9 Å². The average molecular weight is 310 g/mol. The maximum Gasteiger partial charge on any atom is 0.328 e. The quantitative estimate of drug-likeness (QED) is 0.473. The van der Waals surface area contributed by atoms with Gasteiger partial charge in [-0.3, -0.25) is 10.1 Å². The topological polar surface area (TPSA) is 83.7 Å². The molecule has 0 saturated carbocycles. The summed E-state index contributed by atoms with van der Waals surface area (Å²) in [4.78, 5) is 23.1. The zero-order valence-electron chi connectivity index (χ0n) is 12.1. The van der Waals surface area contributed by atoms with Crippen molar-refractivity contribution in [3.8, 4) is 0 Å². The van der Waals surface area contributed by atoms with Crippen molar-refractivity contribution in [1.29, 1.82) is 0 Å². The van der Waals surface area contributed by atoms with Gasteiger partial charge in [0.25, 0.3) is 5.69 Å². The van der Waals surface area contributed by atoms with Crippen molar-refractivity contribution < 1.29 is 14.8 Å². The van der Waals surface area contributed by atoms with Crippen LogP contribution in [0.3, 0.4) is 0 Å². The lowest BCUT2D eigenvalue weighted by atomic mass is 10.1. The summed E-state index contributed by atoms with van der Waals surface area (Å²) in [5.41, 5.74) is 0.984. The monoisotopic (exact) mass is 310 g/mol. The zero-order valence-corrected chi connectivity index (χ0v) is 13.0. The van der Waals surface area contributed by atoms with Crippen LogP contribution in [0.4, 0.5) is 11.4 Å². The van der Waals surface area contributed by atoms with Crippen molar-refractivity contribution in [2.24, 2.45) is 0 Å². The molecule has 7 heteroatoms. The molecule has 1 unspecified atom stereocenters. The Hall–Kier alpha value is -2.02.